The van der Waals surface area contributed by atoms with Crippen LogP contribution in [0.3, 0.4) is 0 Å². The van der Waals surface area contributed by atoms with E-state index in [-0.39, 0.29) is 31.0 Å². The Bertz CT molecular complexity index is 650. The maximum Gasteiger partial charge on any atom is 0.258 e. The van der Waals surface area contributed by atoms with Crippen molar-refractivity contribution in [3.63, 3.8) is 0 Å². The first-order valence-electron chi connectivity index (χ1n) is 7.85. The van der Waals surface area contributed by atoms with Gasteiger partial charge in [0.2, 0.25) is 0 Å². The fraction of sp³-hybridized carbons (Fsp3) is 0.316. The molecular formula is C19H25ClN2O3. The molecule has 2 rings (SSSR count). The lowest BCUT2D eigenvalue weighted by molar-refractivity contribution is -0.123. The van der Waals surface area contributed by atoms with Gasteiger partial charge >= 0.3 is 0 Å². The Morgan fingerprint density at radius 3 is 2.36 bits per heavy atom. The predicted molar refractivity (Wildman–Crippen MR) is 102 cm³/mol. The molecule has 0 aliphatic heterocycles. The second-order valence-electron chi connectivity index (χ2n) is 5.63. The largest absolute Gasteiger partial charge is 0.496 e. The van der Waals surface area contributed by atoms with Crippen molar-refractivity contribution in [1.29, 1.82) is 0 Å². The van der Waals surface area contributed by atoms with Crippen LogP contribution in [-0.2, 0) is 4.79 Å². The molecule has 0 radical (unpaired) electrons. The molecule has 0 aliphatic carbocycles. The van der Waals surface area contributed by atoms with E-state index in [0.717, 1.165) is 11.3 Å². The summed E-state index contributed by atoms with van der Waals surface area (Å²) in [6, 6.07) is 17.1. The van der Waals surface area contributed by atoms with Crippen molar-refractivity contribution in [2.45, 2.75) is 6.04 Å². The van der Waals surface area contributed by atoms with Crippen molar-refractivity contribution < 1.29 is 14.3 Å². The van der Waals surface area contributed by atoms with Crippen molar-refractivity contribution in [2.24, 2.45) is 0 Å². The second kappa shape index (κ2) is 10.6. The minimum atomic E-state index is -0.152. The third kappa shape index (κ3) is 6.29. The minimum absolute atomic E-state index is 0. The number of carbonyl (C=O) groups excluding carboxylic acids is 1. The third-order valence-electron chi connectivity index (χ3n) is 3.73. The number of benzene rings is 2. The summed E-state index contributed by atoms with van der Waals surface area (Å²) in [5.41, 5.74) is 1.04. The number of halogens is 1. The fourth-order valence-corrected chi connectivity index (χ4v) is 2.44. The summed E-state index contributed by atoms with van der Waals surface area (Å²) in [5.74, 6) is 1.34. The molecule has 1 N–H and O–H groups in total. The number of hydrogen-bond donors (Lipinski definition) is 1. The Labute approximate surface area is 155 Å². The van der Waals surface area contributed by atoms with Gasteiger partial charge in [-0.05, 0) is 32.3 Å². The van der Waals surface area contributed by atoms with E-state index in [1.54, 1.807) is 7.11 Å². The van der Waals surface area contributed by atoms with Crippen LogP contribution in [0.1, 0.15) is 11.6 Å². The van der Waals surface area contributed by atoms with Crippen LogP contribution in [0.5, 0.6) is 11.5 Å². The predicted octanol–water partition coefficient (Wildman–Crippen LogP) is 2.91. The highest BCUT2D eigenvalue weighted by Gasteiger charge is 2.19. The molecular weight excluding hydrogens is 340 g/mol. The van der Waals surface area contributed by atoms with Crippen LogP contribution >= 0.6 is 12.4 Å². The Morgan fingerprint density at radius 2 is 1.72 bits per heavy atom. The molecule has 6 heteroatoms. The third-order valence-corrected chi connectivity index (χ3v) is 3.73. The number of hydrogen-bond acceptors (Lipinski definition) is 4. The summed E-state index contributed by atoms with van der Waals surface area (Å²) in [6.07, 6.45) is 0. The van der Waals surface area contributed by atoms with Gasteiger partial charge in [0.05, 0.1) is 13.2 Å². The summed E-state index contributed by atoms with van der Waals surface area (Å²) in [7, 11) is 5.60. The SMILES string of the molecule is COc1ccccc1C(CNC(=O)COc1ccccc1)N(C)C.Cl. The minimum Gasteiger partial charge on any atom is -0.496 e. The van der Waals surface area contributed by atoms with Crippen LogP contribution in [-0.4, -0.2) is 45.2 Å². The molecule has 0 spiro atoms. The molecule has 2 aromatic carbocycles. The Morgan fingerprint density at radius 1 is 1.08 bits per heavy atom. The Hall–Kier alpha value is -2.24. The van der Waals surface area contributed by atoms with Gasteiger partial charge in [0.25, 0.3) is 5.91 Å². The van der Waals surface area contributed by atoms with E-state index in [1.807, 2.05) is 68.7 Å². The van der Waals surface area contributed by atoms with E-state index < -0.39 is 0 Å². The monoisotopic (exact) mass is 364 g/mol. The highest BCUT2D eigenvalue weighted by Crippen LogP contribution is 2.27. The second-order valence-corrected chi connectivity index (χ2v) is 5.63. The molecule has 1 unspecified atom stereocenters. The number of nitrogens with zero attached hydrogens (tertiary/aromatic N) is 1. The first-order valence-corrected chi connectivity index (χ1v) is 7.85. The van der Waals surface area contributed by atoms with E-state index in [9.17, 15) is 4.79 Å². The van der Waals surface area contributed by atoms with E-state index in [4.69, 9.17) is 9.47 Å². The summed E-state index contributed by atoms with van der Waals surface area (Å²) in [5, 5.41) is 2.92. The zero-order chi connectivity index (χ0) is 17.4. The van der Waals surface area contributed by atoms with Gasteiger partial charge in [-0.1, -0.05) is 36.4 Å². The van der Waals surface area contributed by atoms with Gasteiger partial charge in [-0.3, -0.25) is 4.79 Å². The Kier molecular flexibility index (Phi) is 8.81. The molecule has 0 heterocycles. The number of likely N-dealkylation sites (N-methyl/N-ethyl adjacent to an activating group) is 1. The quantitative estimate of drug-likeness (QED) is 0.782. The lowest BCUT2D eigenvalue weighted by atomic mass is 10.0. The molecule has 2 aromatic rings. The number of methoxy groups -OCH3 is 1. The Balaban J connectivity index is 0.00000312. The van der Waals surface area contributed by atoms with Crippen molar-refractivity contribution in [3.8, 4) is 11.5 Å². The van der Waals surface area contributed by atoms with Gasteiger partial charge in [0.15, 0.2) is 6.61 Å². The maximum absolute atomic E-state index is 12.0. The molecule has 25 heavy (non-hydrogen) atoms. The number of amides is 1. The fourth-order valence-electron chi connectivity index (χ4n) is 2.44. The van der Waals surface area contributed by atoms with Crippen LogP contribution in [0.15, 0.2) is 54.6 Å². The van der Waals surface area contributed by atoms with E-state index in [1.165, 1.54) is 0 Å². The van der Waals surface area contributed by atoms with Crippen LogP contribution in [0, 0.1) is 0 Å². The molecule has 0 aromatic heterocycles. The van der Waals surface area contributed by atoms with Gasteiger partial charge < -0.3 is 19.7 Å². The van der Waals surface area contributed by atoms with Gasteiger partial charge in [-0.2, -0.15) is 0 Å². The molecule has 0 fully saturated rings. The maximum atomic E-state index is 12.0. The van der Waals surface area contributed by atoms with Crippen LogP contribution < -0.4 is 14.8 Å². The first kappa shape index (κ1) is 20.8. The van der Waals surface area contributed by atoms with Crippen LogP contribution in [0.2, 0.25) is 0 Å². The van der Waals surface area contributed by atoms with Crippen LogP contribution in [0.25, 0.3) is 0 Å². The van der Waals surface area contributed by atoms with Crippen LogP contribution in [0.4, 0.5) is 0 Å². The van der Waals surface area contributed by atoms with E-state index in [2.05, 4.69) is 10.2 Å². The summed E-state index contributed by atoms with van der Waals surface area (Å²) in [4.78, 5) is 14.1. The molecule has 136 valence electrons. The highest BCUT2D eigenvalue weighted by atomic mass is 35.5. The first-order chi connectivity index (χ1) is 11.6. The molecule has 1 amide bonds. The lowest BCUT2D eigenvalue weighted by Gasteiger charge is -2.26. The number of rotatable bonds is 8. The standard InChI is InChI=1S/C19H24N2O3.ClH/c1-21(2)17(16-11-7-8-12-18(16)23-3)13-20-19(22)14-24-15-9-5-4-6-10-15;/h4-12,17H,13-14H2,1-3H3,(H,20,22);1H. The summed E-state index contributed by atoms with van der Waals surface area (Å²) in [6.45, 7) is 0.473. The molecule has 5 nitrogen and oxygen atoms in total. The number of carbonyl (C=O) groups is 1. The average molecular weight is 365 g/mol. The van der Waals surface area contributed by atoms with Gasteiger partial charge in [-0.25, -0.2) is 0 Å². The number of ether oxygens (including phenoxy) is 2. The number of nitrogens with one attached hydrogen (secondary N) is 1. The molecule has 0 saturated carbocycles. The van der Waals surface area contributed by atoms with Crippen molar-refractivity contribution >= 4 is 18.3 Å². The van der Waals surface area contributed by atoms with E-state index in [0.29, 0.717) is 12.3 Å². The topological polar surface area (TPSA) is 50.8 Å². The van der Waals surface area contributed by atoms with Crippen molar-refractivity contribution in [3.05, 3.63) is 60.2 Å². The van der Waals surface area contributed by atoms with Gasteiger partial charge in [-0.15, -0.1) is 12.4 Å². The molecule has 1 atom stereocenters. The summed E-state index contributed by atoms with van der Waals surface area (Å²) < 4.78 is 10.9. The molecule has 0 bridgehead atoms. The summed E-state index contributed by atoms with van der Waals surface area (Å²) >= 11 is 0. The van der Waals surface area contributed by atoms with E-state index >= 15 is 0 Å². The smallest absolute Gasteiger partial charge is 0.258 e. The highest BCUT2D eigenvalue weighted by molar-refractivity contribution is 5.85. The zero-order valence-corrected chi connectivity index (χ0v) is 15.6. The normalized spacial score (nSPS) is 11.4. The lowest BCUT2D eigenvalue weighted by Crippen LogP contribution is -2.37. The molecule has 0 saturated heterocycles. The number of para-hydroxylation sites is 2. The molecule has 0 aliphatic rings. The average Bonchev–Trinajstić information content (AvgIpc) is 2.61. The van der Waals surface area contributed by atoms with Gasteiger partial charge in [0, 0.05) is 12.1 Å². The van der Waals surface area contributed by atoms with Crippen molar-refractivity contribution in [1.82, 2.24) is 10.2 Å². The van der Waals surface area contributed by atoms with Crippen molar-refractivity contribution in [2.75, 3.05) is 34.4 Å². The van der Waals surface area contributed by atoms with Gasteiger partial charge in [0.1, 0.15) is 11.5 Å². The zero-order valence-electron chi connectivity index (χ0n) is 14.8.